The molecule has 2 atom stereocenters. The van der Waals surface area contributed by atoms with Crippen molar-refractivity contribution in [3.63, 3.8) is 0 Å². The monoisotopic (exact) mass is 408 g/mol. The second kappa shape index (κ2) is 7.81. The summed E-state index contributed by atoms with van der Waals surface area (Å²) in [4.78, 5) is 24.8. The van der Waals surface area contributed by atoms with E-state index in [1.165, 1.54) is 18.5 Å². The van der Waals surface area contributed by atoms with Gasteiger partial charge in [0.05, 0.1) is 10.9 Å². The van der Waals surface area contributed by atoms with Gasteiger partial charge in [-0.05, 0) is 74.7 Å². The van der Waals surface area contributed by atoms with Crippen molar-refractivity contribution in [3.05, 3.63) is 69.7 Å². The summed E-state index contributed by atoms with van der Waals surface area (Å²) in [5, 5.41) is 1.45. The minimum absolute atomic E-state index is 0.0396. The first-order valence-corrected chi connectivity index (χ1v) is 10.8. The van der Waals surface area contributed by atoms with Gasteiger partial charge in [-0.15, -0.1) is 0 Å². The third kappa shape index (κ3) is 3.77. The van der Waals surface area contributed by atoms with Gasteiger partial charge in [-0.25, -0.2) is 0 Å². The molecule has 0 amide bonds. The van der Waals surface area contributed by atoms with Gasteiger partial charge in [-0.2, -0.15) is 0 Å². The number of nitrogens with one attached hydrogen (secondary N) is 1. The zero-order valence-corrected chi connectivity index (χ0v) is 17.1. The van der Waals surface area contributed by atoms with Crippen LogP contribution in [0.5, 0.6) is 0 Å². The Bertz CT molecular complexity index is 1050. The van der Waals surface area contributed by atoms with Gasteiger partial charge in [0.15, 0.2) is 0 Å². The van der Waals surface area contributed by atoms with E-state index in [-0.39, 0.29) is 5.56 Å². The molecule has 4 heterocycles. The van der Waals surface area contributed by atoms with Crippen LogP contribution in [-0.2, 0) is 6.42 Å². The highest BCUT2D eigenvalue weighted by Crippen LogP contribution is 2.33. The number of H-pyrrole nitrogens is 1. The van der Waals surface area contributed by atoms with E-state index in [4.69, 9.17) is 11.6 Å². The zero-order valence-electron chi connectivity index (χ0n) is 16.4. The van der Waals surface area contributed by atoms with E-state index >= 15 is 0 Å². The third-order valence-electron chi connectivity index (χ3n) is 6.36. The number of rotatable bonds is 5. The average Bonchev–Trinajstić information content (AvgIpc) is 2.96. The maximum Gasteiger partial charge on any atom is 0.257 e. The number of pyridine rings is 2. The van der Waals surface area contributed by atoms with Crippen molar-refractivity contribution in [3.8, 4) is 0 Å². The molecule has 2 fully saturated rings. The molecule has 2 aromatic heterocycles. The fourth-order valence-electron chi connectivity index (χ4n) is 4.94. The molecule has 2 bridgehead atoms. The second-order valence-electron chi connectivity index (χ2n) is 8.17. The minimum Gasteiger partial charge on any atom is -0.368 e. The molecule has 3 aromatic rings. The van der Waals surface area contributed by atoms with Crippen molar-refractivity contribution in [2.24, 2.45) is 0 Å². The second-order valence-corrected chi connectivity index (χ2v) is 8.60. The predicted molar refractivity (Wildman–Crippen MR) is 118 cm³/mol. The molecule has 5 nitrogen and oxygen atoms in total. The van der Waals surface area contributed by atoms with Crippen LogP contribution in [0.25, 0.3) is 10.9 Å². The number of fused-ring (bicyclic) bond motifs is 3. The maximum absolute atomic E-state index is 12.3. The first-order valence-electron chi connectivity index (χ1n) is 10.4. The number of aryl methyl sites for hydroxylation is 1. The lowest BCUT2D eigenvalue weighted by Crippen LogP contribution is -2.54. The highest BCUT2D eigenvalue weighted by molar-refractivity contribution is 6.30. The molecule has 0 saturated carbocycles. The first kappa shape index (κ1) is 18.6. The van der Waals surface area contributed by atoms with Crippen LogP contribution in [0.15, 0.2) is 53.5 Å². The molecule has 0 radical (unpaired) electrons. The van der Waals surface area contributed by atoms with Gasteiger partial charge >= 0.3 is 0 Å². The molecular formula is C23H25ClN4O. The molecule has 2 saturated heterocycles. The number of anilines is 1. The lowest BCUT2D eigenvalue weighted by Gasteiger charge is -2.42. The molecule has 0 aliphatic carbocycles. The Morgan fingerprint density at radius 2 is 1.86 bits per heavy atom. The fraction of sp³-hybridized carbons (Fsp3) is 0.391. The Balaban J connectivity index is 1.21. The molecular weight excluding hydrogens is 384 g/mol. The van der Waals surface area contributed by atoms with Gasteiger partial charge in [0.25, 0.3) is 5.56 Å². The molecule has 2 unspecified atom stereocenters. The van der Waals surface area contributed by atoms with Gasteiger partial charge < -0.3 is 9.88 Å². The standard InChI is InChI=1S/C23H25ClN4O/c24-16-5-7-18(8-6-16)27-14-19-9-10-20(15-27)28(19)12-2-3-17-13-22-21(23(29)26-17)4-1-11-25-22/h1,4-8,11,13,19-20H,2-3,9-10,12,14-15H2,(H,26,29). The first-order chi connectivity index (χ1) is 14.2. The van der Waals surface area contributed by atoms with E-state index in [1.54, 1.807) is 12.3 Å². The Labute approximate surface area is 175 Å². The Hall–Kier alpha value is -2.37. The maximum atomic E-state index is 12.3. The molecule has 29 heavy (non-hydrogen) atoms. The number of piperazine rings is 1. The normalized spacial score (nSPS) is 21.8. The molecule has 1 N–H and O–H groups in total. The van der Waals surface area contributed by atoms with Crippen LogP contribution in [-0.4, -0.2) is 46.6 Å². The number of halogens is 1. The minimum atomic E-state index is -0.0396. The van der Waals surface area contributed by atoms with Gasteiger partial charge in [0.1, 0.15) is 0 Å². The highest BCUT2D eigenvalue weighted by Gasteiger charge is 2.39. The van der Waals surface area contributed by atoms with Crippen LogP contribution in [0.2, 0.25) is 5.02 Å². The molecule has 150 valence electrons. The lowest BCUT2D eigenvalue weighted by atomic mass is 10.1. The van der Waals surface area contributed by atoms with Crippen molar-refractivity contribution in [2.45, 2.75) is 37.8 Å². The largest absolute Gasteiger partial charge is 0.368 e. The summed E-state index contributed by atoms with van der Waals surface area (Å²) in [5.41, 5.74) is 2.99. The number of aromatic amines is 1. The van der Waals surface area contributed by atoms with Gasteiger partial charge in [-0.3, -0.25) is 14.7 Å². The Morgan fingerprint density at radius 1 is 1.10 bits per heavy atom. The predicted octanol–water partition coefficient (Wildman–Crippen LogP) is 3.86. The van der Waals surface area contributed by atoms with E-state index in [9.17, 15) is 4.79 Å². The van der Waals surface area contributed by atoms with E-state index in [0.717, 1.165) is 48.7 Å². The van der Waals surface area contributed by atoms with Crippen LogP contribution in [0, 0.1) is 0 Å². The van der Waals surface area contributed by atoms with Crippen LogP contribution in [0.4, 0.5) is 5.69 Å². The van der Waals surface area contributed by atoms with Crippen LogP contribution in [0.1, 0.15) is 25.0 Å². The molecule has 5 rings (SSSR count). The van der Waals surface area contributed by atoms with Crippen molar-refractivity contribution in [2.75, 3.05) is 24.5 Å². The summed E-state index contributed by atoms with van der Waals surface area (Å²) in [5.74, 6) is 0. The van der Waals surface area contributed by atoms with Crippen molar-refractivity contribution < 1.29 is 0 Å². The number of hydrogen-bond donors (Lipinski definition) is 1. The quantitative estimate of drug-likeness (QED) is 0.696. The van der Waals surface area contributed by atoms with Crippen molar-refractivity contribution in [1.82, 2.24) is 14.9 Å². The van der Waals surface area contributed by atoms with E-state index in [0.29, 0.717) is 17.5 Å². The summed E-state index contributed by atoms with van der Waals surface area (Å²) in [6.07, 6.45) is 6.20. The van der Waals surface area contributed by atoms with E-state index in [2.05, 4.69) is 31.9 Å². The van der Waals surface area contributed by atoms with Gasteiger partial charge in [0, 0.05) is 47.8 Å². The Morgan fingerprint density at radius 3 is 2.62 bits per heavy atom. The van der Waals surface area contributed by atoms with Crippen molar-refractivity contribution >= 4 is 28.2 Å². The van der Waals surface area contributed by atoms with Crippen molar-refractivity contribution in [1.29, 1.82) is 0 Å². The smallest absolute Gasteiger partial charge is 0.257 e. The molecule has 2 aliphatic heterocycles. The summed E-state index contributed by atoms with van der Waals surface area (Å²) in [6.45, 7) is 3.23. The highest BCUT2D eigenvalue weighted by atomic mass is 35.5. The fourth-order valence-corrected chi connectivity index (χ4v) is 5.07. The summed E-state index contributed by atoms with van der Waals surface area (Å²) in [7, 11) is 0. The SMILES string of the molecule is O=c1[nH]c(CCCN2C3CCC2CN(c2ccc(Cl)cc2)C3)cc2ncccc12. The molecule has 6 heteroatoms. The number of benzene rings is 1. The summed E-state index contributed by atoms with van der Waals surface area (Å²) in [6, 6.07) is 15.1. The van der Waals surface area contributed by atoms with Crippen LogP contribution >= 0.6 is 11.6 Å². The van der Waals surface area contributed by atoms with Crippen LogP contribution < -0.4 is 10.5 Å². The van der Waals surface area contributed by atoms with Gasteiger partial charge in [-0.1, -0.05) is 11.6 Å². The zero-order chi connectivity index (χ0) is 19.8. The lowest BCUT2D eigenvalue weighted by molar-refractivity contribution is 0.167. The van der Waals surface area contributed by atoms with E-state index < -0.39 is 0 Å². The molecule has 2 aliphatic rings. The van der Waals surface area contributed by atoms with E-state index in [1.807, 2.05) is 24.3 Å². The van der Waals surface area contributed by atoms with Crippen LogP contribution in [0.3, 0.4) is 0 Å². The van der Waals surface area contributed by atoms with Gasteiger partial charge in [0.2, 0.25) is 0 Å². The number of hydrogen-bond acceptors (Lipinski definition) is 4. The average molecular weight is 409 g/mol. The number of aromatic nitrogens is 2. The topological polar surface area (TPSA) is 52.2 Å². The third-order valence-corrected chi connectivity index (χ3v) is 6.61. The number of nitrogens with zero attached hydrogens (tertiary/aromatic N) is 3. The molecule has 0 spiro atoms. The Kier molecular flexibility index (Phi) is 5.02. The summed E-state index contributed by atoms with van der Waals surface area (Å²) >= 11 is 6.04. The molecule has 1 aromatic carbocycles. The summed E-state index contributed by atoms with van der Waals surface area (Å²) < 4.78 is 0.